The van der Waals surface area contributed by atoms with E-state index in [-0.39, 0.29) is 16.9 Å². The molecule has 2 aliphatic carbocycles. The lowest BCUT2D eigenvalue weighted by molar-refractivity contribution is -0.276. The lowest BCUT2D eigenvalue weighted by Gasteiger charge is -2.59. The highest BCUT2D eigenvalue weighted by Gasteiger charge is 2.54. The van der Waals surface area contributed by atoms with Crippen LogP contribution in [0, 0.1) is 22.7 Å². The van der Waals surface area contributed by atoms with Crippen molar-refractivity contribution in [2.45, 2.75) is 78.4 Å². The SMILES string of the molecule is C=C[C@@](C)(O)CC[C@@]1(C)[C@H](C)CC[C@@]2(C)C(C)=C[C@@H](OO)C[C@H]12. The standard InChI is InChI=1S/C20H34O3/c1-7-18(4,21)10-11-20(6)14(2)8-9-19(5)15(3)12-16(23-22)13-17(19)20/h7,12,14,16-17,21-22H,1,8-11,13H2,2-6H3/t14-,16-,17+,18-,19+,20+/m1/s1. The average Bonchev–Trinajstić information content (AvgIpc) is 2.52. The molecule has 0 heterocycles. The number of rotatable bonds is 5. The van der Waals surface area contributed by atoms with Gasteiger partial charge in [0.2, 0.25) is 0 Å². The van der Waals surface area contributed by atoms with Crippen molar-refractivity contribution in [3.63, 3.8) is 0 Å². The van der Waals surface area contributed by atoms with E-state index >= 15 is 0 Å². The van der Waals surface area contributed by atoms with Gasteiger partial charge in [-0.3, -0.25) is 5.26 Å². The zero-order valence-corrected chi connectivity index (χ0v) is 15.4. The first-order chi connectivity index (χ1) is 10.6. The lowest BCUT2D eigenvalue weighted by Crippen LogP contribution is -2.52. The molecule has 2 rings (SSSR count). The number of allylic oxidation sites excluding steroid dienone is 1. The van der Waals surface area contributed by atoms with Crippen molar-refractivity contribution in [3.8, 4) is 0 Å². The van der Waals surface area contributed by atoms with Crippen LogP contribution in [0.4, 0.5) is 0 Å². The molecule has 0 aliphatic heterocycles. The Morgan fingerprint density at radius 1 is 1.48 bits per heavy atom. The minimum atomic E-state index is -0.816. The van der Waals surface area contributed by atoms with Crippen LogP contribution in [0.1, 0.15) is 66.7 Å². The van der Waals surface area contributed by atoms with Gasteiger partial charge in [-0.1, -0.05) is 38.5 Å². The zero-order valence-electron chi connectivity index (χ0n) is 15.4. The van der Waals surface area contributed by atoms with Gasteiger partial charge in [0.25, 0.3) is 0 Å². The van der Waals surface area contributed by atoms with Gasteiger partial charge < -0.3 is 5.11 Å². The quantitative estimate of drug-likeness (QED) is 0.427. The number of aliphatic hydroxyl groups is 1. The number of hydrogen-bond acceptors (Lipinski definition) is 3. The molecule has 2 N–H and O–H groups in total. The van der Waals surface area contributed by atoms with Gasteiger partial charge in [0.05, 0.1) is 5.60 Å². The molecule has 0 unspecified atom stereocenters. The molecule has 1 fully saturated rings. The van der Waals surface area contributed by atoms with Crippen LogP contribution in [0.2, 0.25) is 0 Å². The molecule has 3 nitrogen and oxygen atoms in total. The second-order valence-electron chi connectivity index (χ2n) is 8.71. The van der Waals surface area contributed by atoms with Gasteiger partial charge in [-0.05, 0) is 68.6 Å². The summed E-state index contributed by atoms with van der Waals surface area (Å²) in [5.41, 5.74) is 0.799. The molecular formula is C20H34O3. The van der Waals surface area contributed by atoms with Crippen molar-refractivity contribution in [3.05, 3.63) is 24.3 Å². The van der Waals surface area contributed by atoms with Gasteiger partial charge in [-0.25, -0.2) is 4.89 Å². The fraction of sp³-hybridized carbons (Fsp3) is 0.800. The summed E-state index contributed by atoms with van der Waals surface area (Å²) in [6.07, 6.45) is 8.44. The minimum absolute atomic E-state index is 0.117. The summed E-state index contributed by atoms with van der Waals surface area (Å²) in [7, 11) is 0. The maximum atomic E-state index is 10.4. The fourth-order valence-electron chi connectivity index (χ4n) is 4.98. The lowest BCUT2D eigenvalue weighted by atomic mass is 9.46. The molecule has 0 spiro atoms. The molecule has 23 heavy (non-hydrogen) atoms. The van der Waals surface area contributed by atoms with Crippen molar-refractivity contribution in [2.75, 3.05) is 0 Å². The third-order valence-corrected chi connectivity index (χ3v) is 7.34. The summed E-state index contributed by atoms with van der Waals surface area (Å²) < 4.78 is 0. The monoisotopic (exact) mass is 322 g/mol. The highest BCUT2D eigenvalue weighted by atomic mass is 17.1. The molecule has 0 aromatic heterocycles. The maximum Gasteiger partial charge on any atom is 0.111 e. The highest BCUT2D eigenvalue weighted by Crippen LogP contribution is 2.62. The van der Waals surface area contributed by atoms with Crippen LogP contribution in [0.5, 0.6) is 0 Å². The zero-order chi connectivity index (χ0) is 17.5. The van der Waals surface area contributed by atoms with Crippen molar-refractivity contribution >= 4 is 0 Å². The van der Waals surface area contributed by atoms with E-state index in [0.717, 1.165) is 19.3 Å². The van der Waals surface area contributed by atoms with Crippen molar-refractivity contribution in [1.29, 1.82) is 0 Å². The smallest absolute Gasteiger partial charge is 0.111 e. The van der Waals surface area contributed by atoms with E-state index in [1.807, 2.05) is 6.92 Å². The summed E-state index contributed by atoms with van der Waals surface area (Å²) in [5.74, 6) is 1.04. The Balaban J connectivity index is 2.33. The molecule has 1 saturated carbocycles. The number of hydrogen-bond donors (Lipinski definition) is 2. The molecule has 2 aliphatic rings. The normalized spacial score (nSPS) is 43.3. The Morgan fingerprint density at radius 2 is 2.13 bits per heavy atom. The van der Waals surface area contributed by atoms with E-state index in [4.69, 9.17) is 4.89 Å². The minimum Gasteiger partial charge on any atom is -0.386 e. The van der Waals surface area contributed by atoms with Gasteiger partial charge in [-0.15, -0.1) is 6.58 Å². The molecule has 0 aromatic carbocycles. The maximum absolute atomic E-state index is 10.4. The number of fused-ring (bicyclic) bond motifs is 1. The molecule has 0 aromatic rings. The van der Waals surface area contributed by atoms with E-state index in [0.29, 0.717) is 11.8 Å². The Labute approximate surface area is 141 Å². The fourth-order valence-corrected chi connectivity index (χ4v) is 4.98. The third kappa shape index (κ3) is 3.29. The van der Waals surface area contributed by atoms with Gasteiger partial charge in [0.1, 0.15) is 6.10 Å². The van der Waals surface area contributed by atoms with Crippen molar-refractivity contribution in [2.24, 2.45) is 22.7 Å². The molecule has 0 bridgehead atoms. The largest absolute Gasteiger partial charge is 0.386 e. The molecule has 0 amide bonds. The van der Waals surface area contributed by atoms with Crippen molar-refractivity contribution < 1.29 is 15.3 Å². The van der Waals surface area contributed by atoms with Gasteiger partial charge in [0, 0.05) is 0 Å². The molecule has 6 atom stereocenters. The Morgan fingerprint density at radius 3 is 2.70 bits per heavy atom. The van der Waals surface area contributed by atoms with Crippen LogP contribution < -0.4 is 0 Å². The van der Waals surface area contributed by atoms with Crippen LogP contribution in [0.15, 0.2) is 24.3 Å². The summed E-state index contributed by atoms with van der Waals surface area (Å²) in [6, 6.07) is 0. The highest BCUT2D eigenvalue weighted by molar-refractivity contribution is 5.23. The van der Waals surface area contributed by atoms with Gasteiger partial charge in [0.15, 0.2) is 0 Å². The van der Waals surface area contributed by atoms with E-state index in [1.54, 1.807) is 6.08 Å². The Kier molecular flexibility index (Phi) is 5.16. The molecule has 132 valence electrons. The average molecular weight is 322 g/mol. The molecule has 0 radical (unpaired) electrons. The first-order valence-corrected chi connectivity index (χ1v) is 8.94. The summed E-state index contributed by atoms with van der Waals surface area (Å²) in [5, 5.41) is 19.6. The summed E-state index contributed by atoms with van der Waals surface area (Å²) in [4.78, 5) is 4.71. The second-order valence-corrected chi connectivity index (χ2v) is 8.71. The first-order valence-electron chi connectivity index (χ1n) is 8.94. The van der Waals surface area contributed by atoms with E-state index in [2.05, 4.69) is 40.3 Å². The predicted molar refractivity (Wildman–Crippen MR) is 94.0 cm³/mol. The Hall–Kier alpha value is -0.640. The van der Waals surface area contributed by atoms with E-state index in [1.165, 1.54) is 18.4 Å². The molecule has 0 saturated heterocycles. The summed E-state index contributed by atoms with van der Waals surface area (Å²) >= 11 is 0. The van der Waals surface area contributed by atoms with E-state index in [9.17, 15) is 10.4 Å². The van der Waals surface area contributed by atoms with Crippen LogP contribution >= 0.6 is 0 Å². The topological polar surface area (TPSA) is 49.7 Å². The van der Waals surface area contributed by atoms with Crippen molar-refractivity contribution in [1.82, 2.24) is 0 Å². The predicted octanol–water partition coefficient (Wildman–Crippen LogP) is 4.97. The van der Waals surface area contributed by atoms with Crippen LogP contribution in [0.25, 0.3) is 0 Å². The van der Waals surface area contributed by atoms with Crippen LogP contribution in [-0.4, -0.2) is 22.1 Å². The van der Waals surface area contributed by atoms with Crippen LogP contribution in [0.3, 0.4) is 0 Å². The van der Waals surface area contributed by atoms with Gasteiger partial charge in [-0.2, -0.15) is 0 Å². The molecule has 3 heteroatoms. The van der Waals surface area contributed by atoms with Crippen LogP contribution in [-0.2, 0) is 4.89 Å². The second kappa shape index (κ2) is 6.34. The summed E-state index contributed by atoms with van der Waals surface area (Å²) in [6.45, 7) is 14.8. The third-order valence-electron chi connectivity index (χ3n) is 7.34. The molecular weight excluding hydrogens is 288 g/mol. The first kappa shape index (κ1) is 18.7. The van der Waals surface area contributed by atoms with E-state index < -0.39 is 5.60 Å². The Bertz CT molecular complexity index is 481. The van der Waals surface area contributed by atoms with Gasteiger partial charge >= 0.3 is 0 Å².